The van der Waals surface area contributed by atoms with E-state index in [1.54, 1.807) is 0 Å². The fourth-order valence-electron chi connectivity index (χ4n) is 0.966. The highest BCUT2D eigenvalue weighted by Crippen LogP contribution is 2.35. The van der Waals surface area contributed by atoms with E-state index in [-0.39, 0.29) is 6.61 Å². The van der Waals surface area contributed by atoms with Gasteiger partial charge in [-0.3, -0.25) is 4.79 Å². The Hall–Kier alpha value is -0.660. The molecule has 0 aromatic carbocycles. The molecule has 0 radical (unpaired) electrons. The lowest BCUT2D eigenvalue weighted by molar-refractivity contribution is -0.136. The Kier molecular flexibility index (Phi) is 2.84. The second kappa shape index (κ2) is 3.48. The summed E-state index contributed by atoms with van der Waals surface area (Å²) >= 11 is 0. The minimum atomic E-state index is -3.88. The lowest BCUT2D eigenvalue weighted by Gasteiger charge is -2.16. The van der Waals surface area contributed by atoms with E-state index in [0.717, 1.165) is 6.92 Å². The van der Waals surface area contributed by atoms with Crippen molar-refractivity contribution in [3.05, 3.63) is 0 Å². The first-order valence-corrected chi connectivity index (χ1v) is 5.74. The van der Waals surface area contributed by atoms with Gasteiger partial charge in [0, 0.05) is 0 Å². The predicted octanol–water partition coefficient (Wildman–Crippen LogP) is -1.10. The molecule has 1 saturated carbocycles. The summed E-state index contributed by atoms with van der Waals surface area (Å²) in [6, 6.07) is 0. The molecule has 1 unspecified atom stereocenters. The molecular weight excluding hydrogens is 210 g/mol. The molecule has 6 nitrogen and oxygen atoms in total. The second-order valence-electron chi connectivity index (χ2n) is 3.57. The molecule has 0 aromatic rings. The van der Waals surface area contributed by atoms with Crippen molar-refractivity contribution < 1.29 is 23.4 Å². The molecule has 0 amide bonds. The summed E-state index contributed by atoms with van der Waals surface area (Å²) in [4.78, 5) is 10.5. The quantitative estimate of drug-likeness (QED) is 0.549. The van der Waals surface area contributed by atoms with E-state index < -0.39 is 26.8 Å². The molecule has 1 rings (SSSR count). The Bertz CT molecular complexity index is 332. The van der Waals surface area contributed by atoms with Gasteiger partial charge in [-0.1, -0.05) is 0 Å². The number of aliphatic carboxylic acids is 1. The zero-order valence-corrected chi connectivity index (χ0v) is 8.54. The van der Waals surface area contributed by atoms with Crippen LogP contribution >= 0.6 is 0 Å². The summed E-state index contributed by atoms with van der Waals surface area (Å²) in [7, 11) is -3.88. The Balaban J connectivity index is 2.72. The van der Waals surface area contributed by atoms with Gasteiger partial charge in [0.05, 0.1) is 12.1 Å². The monoisotopic (exact) mass is 223 g/mol. The summed E-state index contributed by atoms with van der Waals surface area (Å²) in [6.07, 6.45) is 1.10. The maximum atomic E-state index is 11.4. The van der Waals surface area contributed by atoms with Crippen LogP contribution in [0, 0.1) is 0 Å². The Morgan fingerprint density at radius 1 is 1.57 bits per heavy atom. The number of rotatable bonds is 5. The van der Waals surface area contributed by atoms with Crippen LogP contribution in [-0.4, -0.2) is 42.0 Å². The van der Waals surface area contributed by atoms with Crippen LogP contribution in [-0.2, 0) is 14.8 Å². The molecule has 0 bridgehead atoms. The van der Waals surface area contributed by atoms with Crippen molar-refractivity contribution in [1.29, 1.82) is 0 Å². The van der Waals surface area contributed by atoms with E-state index in [2.05, 4.69) is 4.72 Å². The topological polar surface area (TPSA) is 104 Å². The standard InChI is InChI=1S/C7H13NO5S/c1-5(6(10)11)14(12,13)8-7(4-9)2-3-7/h5,8-9H,2-4H2,1H3,(H,10,11). The summed E-state index contributed by atoms with van der Waals surface area (Å²) < 4.78 is 25.0. The molecule has 0 spiro atoms. The molecule has 0 saturated heterocycles. The van der Waals surface area contributed by atoms with Crippen LogP contribution in [0.25, 0.3) is 0 Å². The SMILES string of the molecule is CC(C(=O)O)S(=O)(=O)NC1(CO)CC1. The van der Waals surface area contributed by atoms with Gasteiger partial charge in [0.2, 0.25) is 10.0 Å². The molecule has 0 heterocycles. The molecule has 1 aliphatic rings. The summed E-state index contributed by atoms with van der Waals surface area (Å²) in [5.41, 5.74) is -0.803. The molecule has 7 heteroatoms. The zero-order chi connectivity index (χ0) is 11.0. The van der Waals surface area contributed by atoms with Crippen molar-refractivity contribution >= 4 is 16.0 Å². The van der Waals surface area contributed by atoms with Crippen LogP contribution in [0.4, 0.5) is 0 Å². The second-order valence-corrected chi connectivity index (χ2v) is 5.57. The van der Waals surface area contributed by atoms with Crippen LogP contribution in [0.2, 0.25) is 0 Å². The van der Waals surface area contributed by atoms with Crippen LogP contribution in [0.15, 0.2) is 0 Å². The van der Waals surface area contributed by atoms with Gasteiger partial charge >= 0.3 is 5.97 Å². The molecule has 1 fully saturated rings. The number of nitrogens with one attached hydrogen (secondary N) is 1. The normalized spacial score (nSPS) is 21.6. The molecule has 82 valence electrons. The first-order chi connectivity index (χ1) is 6.33. The van der Waals surface area contributed by atoms with Gasteiger partial charge in [0.15, 0.2) is 5.25 Å². The van der Waals surface area contributed by atoms with Crippen molar-refractivity contribution in [2.45, 2.75) is 30.6 Å². The average Bonchev–Trinajstić information content (AvgIpc) is 2.83. The highest BCUT2D eigenvalue weighted by Gasteiger charge is 2.47. The van der Waals surface area contributed by atoms with Crippen molar-refractivity contribution in [2.24, 2.45) is 0 Å². The first kappa shape index (κ1) is 11.4. The zero-order valence-electron chi connectivity index (χ0n) is 7.73. The van der Waals surface area contributed by atoms with Crippen molar-refractivity contribution in [3.63, 3.8) is 0 Å². The minimum absolute atomic E-state index is 0.293. The van der Waals surface area contributed by atoms with Crippen molar-refractivity contribution in [3.8, 4) is 0 Å². The van der Waals surface area contributed by atoms with Gasteiger partial charge in [-0.2, -0.15) is 0 Å². The van der Waals surface area contributed by atoms with E-state index in [0.29, 0.717) is 12.8 Å². The molecule has 0 aromatic heterocycles. The highest BCUT2D eigenvalue weighted by atomic mass is 32.2. The number of hydrogen-bond donors (Lipinski definition) is 3. The van der Waals surface area contributed by atoms with Gasteiger partial charge in [-0.05, 0) is 19.8 Å². The Morgan fingerprint density at radius 3 is 2.36 bits per heavy atom. The fourth-order valence-corrected chi connectivity index (χ4v) is 2.28. The van der Waals surface area contributed by atoms with E-state index in [1.807, 2.05) is 0 Å². The number of carbonyl (C=O) groups is 1. The van der Waals surface area contributed by atoms with Gasteiger partial charge in [-0.25, -0.2) is 13.1 Å². The highest BCUT2D eigenvalue weighted by molar-refractivity contribution is 7.90. The van der Waals surface area contributed by atoms with E-state index in [1.165, 1.54) is 0 Å². The third-order valence-corrected chi connectivity index (χ3v) is 4.18. The third-order valence-electron chi connectivity index (χ3n) is 2.33. The van der Waals surface area contributed by atoms with Crippen LogP contribution in [0.3, 0.4) is 0 Å². The molecular formula is C7H13NO5S. The van der Waals surface area contributed by atoms with Crippen molar-refractivity contribution in [2.75, 3.05) is 6.61 Å². The van der Waals surface area contributed by atoms with E-state index in [9.17, 15) is 13.2 Å². The van der Waals surface area contributed by atoms with Gasteiger partial charge in [0.25, 0.3) is 0 Å². The smallest absolute Gasteiger partial charge is 0.323 e. The van der Waals surface area contributed by atoms with Gasteiger partial charge in [-0.15, -0.1) is 0 Å². The van der Waals surface area contributed by atoms with Gasteiger partial charge < -0.3 is 10.2 Å². The summed E-state index contributed by atoms with van der Waals surface area (Å²) in [6.45, 7) is 0.802. The Labute approximate surface area is 82.0 Å². The minimum Gasteiger partial charge on any atom is -0.480 e. The number of sulfonamides is 1. The van der Waals surface area contributed by atoms with Crippen molar-refractivity contribution in [1.82, 2.24) is 4.72 Å². The first-order valence-electron chi connectivity index (χ1n) is 4.19. The predicted molar refractivity (Wildman–Crippen MR) is 48.2 cm³/mol. The number of carboxylic acids is 1. The largest absolute Gasteiger partial charge is 0.480 e. The molecule has 1 aliphatic carbocycles. The van der Waals surface area contributed by atoms with Crippen LogP contribution in [0.5, 0.6) is 0 Å². The van der Waals surface area contributed by atoms with Crippen LogP contribution in [0.1, 0.15) is 19.8 Å². The third kappa shape index (κ3) is 2.23. The molecule has 1 atom stereocenters. The maximum Gasteiger partial charge on any atom is 0.323 e. The van der Waals surface area contributed by atoms with E-state index in [4.69, 9.17) is 10.2 Å². The maximum absolute atomic E-state index is 11.4. The number of carboxylic acid groups (broad SMARTS) is 1. The fraction of sp³-hybridized carbons (Fsp3) is 0.857. The summed E-state index contributed by atoms with van der Waals surface area (Å²) in [5, 5.41) is 15.9. The number of hydrogen-bond acceptors (Lipinski definition) is 4. The number of aliphatic hydroxyl groups is 1. The van der Waals surface area contributed by atoms with Crippen LogP contribution < -0.4 is 4.72 Å². The molecule has 0 aliphatic heterocycles. The van der Waals surface area contributed by atoms with E-state index >= 15 is 0 Å². The average molecular weight is 223 g/mol. The Morgan fingerprint density at radius 2 is 2.07 bits per heavy atom. The van der Waals surface area contributed by atoms with Gasteiger partial charge in [0.1, 0.15) is 0 Å². The molecule has 14 heavy (non-hydrogen) atoms. The lowest BCUT2D eigenvalue weighted by atomic mass is 10.3. The lowest BCUT2D eigenvalue weighted by Crippen LogP contribution is -2.46. The molecule has 3 N–H and O–H groups in total. The number of aliphatic hydroxyl groups excluding tert-OH is 1. The summed E-state index contributed by atoms with van der Waals surface area (Å²) in [5.74, 6) is -1.40.